The largest absolute Gasteiger partial charge is 0.457 e. The molecule has 0 radical (unpaired) electrons. The standard InChI is InChI=1S/C6H6N2O3/c9-6-1-4-5(11-6)2-7-3-8(4)10/h1-3,6,9-10H. The third-order valence-electron chi connectivity index (χ3n) is 1.42. The van der Waals surface area contributed by atoms with Gasteiger partial charge in [-0.15, -0.1) is 0 Å². The Morgan fingerprint density at radius 1 is 1.64 bits per heavy atom. The van der Waals surface area contributed by atoms with Gasteiger partial charge in [0.2, 0.25) is 6.29 Å². The second-order valence-electron chi connectivity index (χ2n) is 2.16. The van der Waals surface area contributed by atoms with Crippen molar-refractivity contribution in [3.05, 3.63) is 23.7 Å². The van der Waals surface area contributed by atoms with Crippen molar-refractivity contribution in [3.8, 4) is 0 Å². The zero-order chi connectivity index (χ0) is 7.84. The number of aliphatic hydroxyl groups excluding tert-OH is 1. The first-order valence-electron chi connectivity index (χ1n) is 3.06. The Morgan fingerprint density at radius 2 is 2.45 bits per heavy atom. The van der Waals surface area contributed by atoms with Gasteiger partial charge in [-0.2, -0.15) is 0 Å². The van der Waals surface area contributed by atoms with Gasteiger partial charge in [0.15, 0.2) is 5.76 Å². The van der Waals surface area contributed by atoms with E-state index in [1.807, 2.05) is 0 Å². The molecule has 0 saturated carbocycles. The summed E-state index contributed by atoms with van der Waals surface area (Å²) < 4.78 is 4.84. The normalized spacial score (nSPS) is 27.5. The lowest BCUT2D eigenvalue weighted by Gasteiger charge is -2.14. The predicted octanol–water partition coefficient (Wildman–Crippen LogP) is -0.207. The first-order chi connectivity index (χ1) is 5.27. The molecule has 2 heterocycles. The van der Waals surface area contributed by atoms with Crippen LogP contribution in [0.1, 0.15) is 0 Å². The minimum Gasteiger partial charge on any atom is -0.457 e. The molecule has 1 unspecified atom stereocenters. The predicted molar refractivity (Wildman–Crippen MR) is 35.4 cm³/mol. The van der Waals surface area contributed by atoms with Crippen LogP contribution in [0.15, 0.2) is 28.7 Å². The van der Waals surface area contributed by atoms with Crippen LogP contribution in [0.3, 0.4) is 0 Å². The van der Waals surface area contributed by atoms with E-state index in [2.05, 4.69) is 4.99 Å². The fraction of sp³-hybridized carbons (Fsp3) is 0.167. The van der Waals surface area contributed by atoms with Crippen LogP contribution < -0.4 is 0 Å². The van der Waals surface area contributed by atoms with E-state index < -0.39 is 6.29 Å². The lowest BCUT2D eigenvalue weighted by molar-refractivity contribution is -0.0175. The molecular formula is C6H6N2O3. The van der Waals surface area contributed by atoms with Crippen LogP contribution in [-0.4, -0.2) is 28.0 Å². The molecule has 11 heavy (non-hydrogen) atoms. The molecular weight excluding hydrogens is 148 g/mol. The maximum atomic E-state index is 9.08. The van der Waals surface area contributed by atoms with E-state index in [9.17, 15) is 0 Å². The molecule has 0 bridgehead atoms. The number of aliphatic hydroxyl groups is 1. The lowest BCUT2D eigenvalue weighted by Crippen LogP contribution is -2.18. The molecule has 5 heteroatoms. The minimum absolute atomic E-state index is 0.377. The number of rotatable bonds is 0. The molecule has 2 aliphatic rings. The van der Waals surface area contributed by atoms with Gasteiger partial charge in [-0.05, 0) is 0 Å². The van der Waals surface area contributed by atoms with E-state index in [1.54, 1.807) is 0 Å². The van der Waals surface area contributed by atoms with Gasteiger partial charge >= 0.3 is 0 Å². The summed E-state index contributed by atoms with van der Waals surface area (Å²) in [6, 6.07) is 0. The molecule has 0 aromatic rings. The summed E-state index contributed by atoms with van der Waals surface area (Å²) in [6.45, 7) is 0. The molecule has 0 aromatic heterocycles. The Bertz CT molecular complexity index is 269. The van der Waals surface area contributed by atoms with Gasteiger partial charge in [0.05, 0.1) is 6.20 Å². The molecule has 5 nitrogen and oxygen atoms in total. The minimum atomic E-state index is -0.979. The maximum absolute atomic E-state index is 9.08. The molecule has 0 spiro atoms. The topological polar surface area (TPSA) is 65.3 Å². The summed E-state index contributed by atoms with van der Waals surface area (Å²) in [5.41, 5.74) is 0.424. The van der Waals surface area contributed by atoms with Crippen LogP contribution in [0.2, 0.25) is 0 Å². The summed E-state index contributed by atoms with van der Waals surface area (Å²) in [5, 5.41) is 18.8. The molecule has 58 valence electrons. The zero-order valence-corrected chi connectivity index (χ0v) is 5.51. The smallest absolute Gasteiger partial charge is 0.220 e. The summed E-state index contributed by atoms with van der Waals surface area (Å²) in [6.07, 6.45) is 3.05. The zero-order valence-electron chi connectivity index (χ0n) is 5.51. The van der Waals surface area contributed by atoms with Crippen molar-refractivity contribution in [2.45, 2.75) is 6.29 Å². The van der Waals surface area contributed by atoms with Crippen LogP contribution in [-0.2, 0) is 4.74 Å². The number of nitrogens with zero attached hydrogens (tertiary/aromatic N) is 2. The summed E-state index contributed by atoms with van der Waals surface area (Å²) >= 11 is 0. The Hall–Kier alpha value is -1.33. The molecule has 2 rings (SSSR count). The third kappa shape index (κ3) is 0.903. The second-order valence-corrected chi connectivity index (χ2v) is 2.16. The first-order valence-corrected chi connectivity index (χ1v) is 3.06. The van der Waals surface area contributed by atoms with E-state index in [1.165, 1.54) is 18.6 Å². The highest BCUT2D eigenvalue weighted by Gasteiger charge is 2.25. The molecule has 0 saturated heterocycles. The van der Waals surface area contributed by atoms with E-state index in [0.717, 1.165) is 5.06 Å². The average molecular weight is 154 g/mol. The third-order valence-corrected chi connectivity index (χ3v) is 1.42. The van der Waals surface area contributed by atoms with Crippen molar-refractivity contribution in [2.75, 3.05) is 0 Å². The Labute approximate surface area is 62.5 Å². The van der Waals surface area contributed by atoms with Gasteiger partial charge in [0.1, 0.15) is 12.0 Å². The highest BCUT2D eigenvalue weighted by atomic mass is 16.6. The van der Waals surface area contributed by atoms with Gasteiger partial charge in [-0.1, -0.05) is 0 Å². The van der Waals surface area contributed by atoms with E-state index in [-0.39, 0.29) is 0 Å². The van der Waals surface area contributed by atoms with Gasteiger partial charge < -0.3 is 9.84 Å². The van der Waals surface area contributed by atoms with Gasteiger partial charge in [-0.25, -0.2) is 10.1 Å². The van der Waals surface area contributed by atoms with Crippen LogP contribution in [0.5, 0.6) is 0 Å². The summed E-state index contributed by atoms with van der Waals surface area (Å²) in [5.74, 6) is 0.377. The maximum Gasteiger partial charge on any atom is 0.220 e. The van der Waals surface area contributed by atoms with E-state index in [4.69, 9.17) is 15.1 Å². The van der Waals surface area contributed by atoms with Gasteiger partial charge in [0.25, 0.3) is 0 Å². The van der Waals surface area contributed by atoms with Crippen molar-refractivity contribution < 1.29 is 15.1 Å². The molecule has 1 atom stereocenters. The highest BCUT2D eigenvalue weighted by molar-refractivity contribution is 5.62. The number of hydroxylamine groups is 2. The molecule has 2 aliphatic heterocycles. The Kier molecular flexibility index (Phi) is 1.21. The fourth-order valence-corrected chi connectivity index (χ4v) is 0.954. The van der Waals surface area contributed by atoms with Gasteiger partial charge in [0, 0.05) is 6.08 Å². The van der Waals surface area contributed by atoms with Crippen LogP contribution in [0.25, 0.3) is 0 Å². The van der Waals surface area contributed by atoms with E-state index >= 15 is 0 Å². The summed E-state index contributed by atoms with van der Waals surface area (Å²) in [4.78, 5) is 3.65. The lowest BCUT2D eigenvalue weighted by atomic mass is 10.3. The van der Waals surface area contributed by atoms with Crippen LogP contribution in [0.4, 0.5) is 0 Å². The molecule has 2 N–H and O–H groups in total. The number of hydrogen-bond acceptors (Lipinski definition) is 5. The molecule has 0 aromatic carbocycles. The fourth-order valence-electron chi connectivity index (χ4n) is 0.954. The number of fused-ring (bicyclic) bond motifs is 1. The summed E-state index contributed by atoms with van der Waals surface area (Å²) in [7, 11) is 0. The number of hydrogen-bond donors (Lipinski definition) is 2. The highest BCUT2D eigenvalue weighted by Crippen LogP contribution is 2.25. The second kappa shape index (κ2) is 2.08. The van der Waals surface area contributed by atoms with Crippen LogP contribution in [0, 0.1) is 0 Å². The number of aliphatic imine (C=N–C) groups is 1. The van der Waals surface area contributed by atoms with E-state index in [0.29, 0.717) is 11.5 Å². The quantitative estimate of drug-likeness (QED) is 0.506. The average Bonchev–Trinajstić information content (AvgIpc) is 2.31. The molecule has 0 fully saturated rings. The Morgan fingerprint density at radius 3 is 3.18 bits per heavy atom. The van der Waals surface area contributed by atoms with Gasteiger partial charge in [-0.3, -0.25) is 5.21 Å². The molecule has 0 amide bonds. The SMILES string of the molecule is OC1C=C2C(=CN=CN2O)O1. The monoisotopic (exact) mass is 154 g/mol. The van der Waals surface area contributed by atoms with Crippen molar-refractivity contribution in [1.29, 1.82) is 0 Å². The van der Waals surface area contributed by atoms with Crippen LogP contribution >= 0.6 is 0 Å². The van der Waals surface area contributed by atoms with Crippen molar-refractivity contribution >= 4 is 6.34 Å². The van der Waals surface area contributed by atoms with Crippen molar-refractivity contribution in [2.24, 2.45) is 4.99 Å². The van der Waals surface area contributed by atoms with Crippen molar-refractivity contribution in [3.63, 3.8) is 0 Å². The molecule has 0 aliphatic carbocycles. The van der Waals surface area contributed by atoms with Crippen molar-refractivity contribution in [1.82, 2.24) is 5.06 Å². The first kappa shape index (κ1) is 6.38. The number of ether oxygens (including phenoxy) is 1. The Balaban J connectivity index is 2.36.